The minimum Gasteiger partial charge on any atom is -0.460 e. The van der Waals surface area contributed by atoms with E-state index in [1.807, 2.05) is 6.92 Å². The standard InChI is InChI=1S/C29H27ClF3NO5S/c1-3-22-23-12-8-19(28(36)34-25(16-35)17-6-10-21(11-7-17)40(37,38)4-2)14-27(23)39-26(22)13-18-5-9-20(30)15-24(18)29(31,32)33/h5-12,14-15,25,35H,3-4,13,16H2,1-2H3,(H,34,36)/t25-/m0/s1. The number of hydrogen-bond acceptors (Lipinski definition) is 5. The van der Waals surface area contributed by atoms with Crippen molar-refractivity contribution in [3.05, 3.63) is 99.3 Å². The molecule has 1 atom stereocenters. The minimum absolute atomic E-state index is 0.0184. The van der Waals surface area contributed by atoms with Crippen LogP contribution in [0.2, 0.25) is 5.02 Å². The van der Waals surface area contributed by atoms with Crippen LogP contribution in [-0.2, 0) is 28.9 Å². The number of rotatable bonds is 9. The van der Waals surface area contributed by atoms with Crippen molar-refractivity contribution in [2.24, 2.45) is 0 Å². The van der Waals surface area contributed by atoms with Gasteiger partial charge in [-0.1, -0.05) is 49.7 Å². The number of halogens is 4. The van der Waals surface area contributed by atoms with Gasteiger partial charge in [0.05, 0.1) is 28.9 Å². The van der Waals surface area contributed by atoms with Crippen molar-refractivity contribution >= 4 is 38.3 Å². The van der Waals surface area contributed by atoms with Crippen LogP contribution < -0.4 is 5.32 Å². The molecular weight excluding hydrogens is 567 g/mol. The van der Waals surface area contributed by atoms with Crippen molar-refractivity contribution in [2.45, 2.75) is 43.8 Å². The number of carbonyl (C=O) groups excluding carboxylic acids is 1. The summed E-state index contributed by atoms with van der Waals surface area (Å²) >= 11 is 5.81. The average molecular weight is 594 g/mol. The maximum absolute atomic E-state index is 13.6. The third-order valence-corrected chi connectivity index (χ3v) is 8.72. The summed E-state index contributed by atoms with van der Waals surface area (Å²) in [5.74, 6) is -0.204. The van der Waals surface area contributed by atoms with Crippen LogP contribution in [-0.4, -0.2) is 31.8 Å². The SMILES string of the molecule is CCc1c(Cc2ccc(Cl)cc2C(F)(F)F)oc2cc(C(=O)N[C@@H](CO)c3ccc(S(=O)(=O)CC)cc3)ccc12. The van der Waals surface area contributed by atoms with Crippen LogP contribution in [0, 0.1) is 0 Å². The Kier molecular flexibility index (Phi) is 8.63. The Morgan fingerprint density at radius 3 is 2.35 bits per heavy atom. The van der Waals surface area contributed by atoms with E-state index in [2.05, 4.69) is 5.32 Å². The van der Waals surface area contributed by atoms with Crippen molar-refractivity contribution in [1.82, 2.24) is 5.32 Å². The highest BCUT2D eigenvalue weighted by molar-refractivity contribution is 7.91. The van der Waals surface area contributed by atoms with Gasteiger partial charge in [0.15, 0.2) is 9.84 Å². The van der Waals surface area contributed by atoms with Crippen LogP contribution in [0.25, 0.3) is 11.0 Å². The number of sulfone groups is 1. The zero-order valence-corrected chi connectivity index (χ0v) is 23.3. The van der Waals surface area contributed by atoms with Crippen LogP contribution in [0.3, 0.4) is 0 Å². The summed E-state index contributed by atoms with van der Waals surface area (Å²) in [6.45, 7) is 2.98. The van der Waals surface area contributed by atoms with Gasteiger partial charge in [0.1, 0.15) is 11.3 Å². The average Bonchev–Trinajstić information content (AvgIpc) is 3.28. The lowest BCUT2D eigenvalue weighted by molar-refractivity contribution is -0.138. The summed E-state index contributed by atoms with van der Waals surface area (Å²) in [5, 5.41) is 13.3. The number of fused-ring (bicyclic) bond motifs is 1. The second-order valence-corrected chi connectivity index (χ2v) is 11.9. The van der Waals surface area contributed by atoms with Crippen molar-refractivity contribution < 1.29 is 35.9 Å². The number of benzene rings is 3. The largest absolute Gasteiger partial charge is 0.460 e. The molecule has 6 nitrogen and oxygen atoms in total. The van der Waals surface area contributed by atoms with E-state index in [0.29, 0.717) is 28.7 Å². The quantitative estimate of drug-likeness (QED) is 0.230. The predicted octanol–water partition coefficient (Wildman–Crippen LogP) is 6.52. The molecule has 11 heteroatoms. The number of carbonyl (C=O) groups is 1. The van der Waals surface area contributed by atoms with Gasteiger partial charge >= 0.3 is 6.18 Å². The maximum Gasteiger partial charge on any atom is 0.416 e. The first kappa shape index (κ1) is 29.6. The highest BCUT2D eigenvalue weighted by Gasteiger charge is 2.34. The van der Waals surface area contributed by atoms with Gasteiger partial charge < -0.3 is 14.8 Å². The van der Waals surface area contributed by atoms with Crippen LogP contribution in [0.4, 0.5) is 13.2 Å². The van der Waals surface area contributed by atoms with E-state index in [1.165, 1.54) is 42.5 Å². The van der Waals surface area contributed by atoms with E-state index in [0.717, 1.165) is 11.6 Å². The predicted molar refractivity (Wildman–Crippen MR) is 146 cm³/mol. The second kappa shape index (κ2) is 11.6. The lowest BCUT2D eigenvalue weighted by Gasteiger charge is -2.17. The van der Waals surface area contributed by atoms with Crippen molar-refractivity contribution in [3.8, 4) is 0 Å². The zero-order valence-electron chi connectivity index (χ0n) is 21.7. The number of alkyl halides is 3. The van der Waals surface area contributed by atoms with Crippen LogP contribution in [0.1, 0.15) is 58.3 Å². The molecular formula is C29H27ClF3NO5S. The molecule has 0 saturated heterocycles. The number of hydrogen-bond donors (Lipinski definition) is 2. The molecule has 0 bridgehead atoms. The fraction of sp³-hybridized carbons (Fsp3) is 0.276. The third kappa shape index (κ3) is 6.19. The van der Waals surface area contributed by atoms with Crippen LogP contribution in [0.15, 0.2) is 70.0 Å². The first-order valence-electron chi connectivity index (χ1n) is 12.5. The molecule has 0 aliphatic heterocycles. The molecule has 2 N–H and O–H groups in total. The van der Waals surface area contributed by atoms with Gasteiger partial charge in [-0.2, -0.15) is 13.2 Å². The summed E-state index contributed by atoms with van der Waals surface area (Å²) in [6, 6.07) is 13.5. The summed E-state index contributed by atoms with van der Waals surface area (Å²) < 4.78 is 71.0. The third-order valence-electron chi connectivity index (χ3n) is 6.73. The van der Waals surface area contributed by atoms with Crippen LogP contribution in [0.5, 0.6) is 0 Å². The van der Waals surface area contributed by atoms with Crippen molar-refractivity contribution in [1.29, 1.82) is 0 Å². The highest BCUT2D eigenvalue weighted by atomic mass is 35.5. The summed E-state index contributed by atoms with van der Waals surface area (Å²) in [7, 11) is -3.39. The molecule has 40 heavy (non-hydrogen) atoms. The summed E-state index contributed by atoms with van der Waals surface area (Å²) in [6.07, 6.45) is -4.20. The minimum atomic E-state index is -4.59. The molecule has 1 aromatic heterocycles. The van der Waals surface area contributed by atoms with Crippen molar-refractivity contribution in [3.63, 3.8) is 0 Å². The summed E-state index contributed by atoms with van der Waals surface area (Å²) in [4.78, 5) is 13.2. The Hall–Kier alpha value is -3.34. The van der Waals surface area contributed by atoms with Gasteiger partial charge in [-0.3, -0.25) is 4.79 Å². The Balaban J connectivity index is 1.60. The molecule has 0 spiro atoms. The van der Waals surface area contributed by atoms with Gasteiger partial charge in [0.2, 0.25) is 0 Å². The fourth-order valence-corrected chi connectivity index (χ4v) is 5.62. The fourth-order valence-electron chi connectivity index (χ4n) is 4.56. The molecule has 3 aromatic carbocycles. The molecule has 4 aromatic rings. The van der Waals surface area contributed by atoms with Gasteiger partial charge in [0, 0.05) is 28.0 Å². The van der Waals surface area contributed by atoms with Gasteiger partial charge in [-0.25, -0.2) is 8.42 Å². The summed E-state index contributed by atoms with van der Waals surface area (Å²) in [5.41, 5.74) is 1.01. The first-order valence-corrected chi connectivity index (χ1v) is 14.5. The second-order valence-electron chi connectivity index (χ2n) is 9.23. The Morgan fingerprint density at radius 2 is 1.75 bits per heavy atom. The van der Waals surface area contributed by atoms with Gasteiger partial charge in [-0.05, 0) is 53.9 Å². The van der Waals surface area contributed by atoms with Gasteiger partial charge in [-0.15, -0.1) is 0 Å². The molecule has 0 aliphatic rings. The molecule has 0 saturated carbocycles. The van der Waals surface area contributed by atoms with Crippen molar-refractivity contribution in [2.75, 3.05) is 12.4 Å². The Morgan fingerprint density at radius 1 is 1.05 bits per heavy atom. The van der Waals surface area contributed by atoms with E-state index in [4.69, 9.17) is 16.0 Å². The van der Waals surface area contributed by atoms with E-state index in [9.17, 15) is 31.5 Å². The molecule has 0 aliphatic carbocycles. The lowest BCUT2D eigenvalue weighted by Crippen LogP contribution is -2.30. The monoisotopic (exact) mass is 593 g/mol. The van der Waals surface area contributed by atoms with Gasteiger partial charge in [0.25, 0.3) is 5.91 Å². The number of aliphatic hydroxyl groups excluding tert-OH is 1. The molecule has 0 radical (unpaired) electrons. The molecule has 4 rings (SSSR count). The molecule has 1 heterocycles. The number of aryl methyl sites for hydroxylation is 1. The number of furan rings is 1. The Bertz CT molecular complexity index is 1650. The molecule has 1 amide bonds. The number of amides is 1. The topological polar surface area (TPSA) is 96.6 Å². The molecule has 0 fully saturated rings. The van der Waals surface area contributed by atoms with E-state index < -0.39 is 40.1 Å². The van der Waals surface area contributed by atoms with E-state index >= 15 is 0 Å². The Labute approximate surface area is 234 Å². The normalized spacial score (nSPS) is 13.0. The molecule has 0 unspecified atom stereocenters. The smallest absolute Gasteiger partial charge is 0.416 e. The van der Waals surface area contributed by atoms with E-state index in [1.54, 1.807) is 19.1 Å². The number of aliphatic hydroxyl groups is 1. The van der Waals surface area contributed by atoms with Crippen LogP contribution >= 0.6 is 11.6 Å². The highest BCUT2D eigenvalue weighted by Crippen LogP contribution is 2.36. The van der Waals surface area contributed by atoms with E-state index in [-0.39, 0.29) is 33.2 Å². The lowest BCUT2D eigenvalue weighted by atomic mass is 9.99. The zero-order chi connectivity index (χ0) is 29.2. The number of nitrogens with one attached hydrogen (secondary N) is 1. The first-order chi connectivity index (χ1) is 18.9. The molecule has 212 valence electrons. The maximum atomic E-state index is 13.6.